The number of hydrogen-bond donors (Lipinski definition) is 1. The summed E-state index contributed by atoms with van der Waals surface area (Å²) in [6.45, 7) is 2.52. The summed E-state index contributed by atoms with van der Waals surface area (Å²) in [7, 11) is 1.58. The minimum absolute atomic E-state index is 0.0288. The SMILES string of the molecule is COc1cccc(NC(=O)c2sc3nc4n(c(=O)c3c2C)CCCC4)c1. The molecule has 2 aromatic heterocycles. The molecule has 0 spiro atoms. The van der Waals surface area contributed by atoms with Gasteiger partial charge in [0.25, 0.3) is 11.5 Å². The number of ether oxygens (including phenoxy) is 1. The van der Waals surface area contributed by atoms with E-state index < -0.39 is 0 Å². The van der Waals surface area contributed by atoms with Crippen molar-refractivity contribution >= 4 is 33.1 Å². The molecule has 3 aromatic rings. The lowest BCUT2D eigenvalue weighted by Gasteiger charge is -2.16. The first kappa shape index (κ1) is 16.8. The van der Waals surface area contributed by atoms with E-state index in [9.17, 15) is 9.59 Å². The summed E-state index contributed by atoms with van der Waals surface area (Å²) in [6.07, 6.45) is 2.85. The van der Waals surface area contributed by atoms with E-state index in [1.807, 2.05) is 19.1 Å². The molecule has 1 amide bonds. The van der Waals surface area contributed by atoms with Crippen LogP contribution in [0.4, 0.5) is 5.69 Å². The number of amides is 1. The van der Waals surface area contributed by atoms with Crippen LogP contribution in [0.1, 0.15) is 33.9 Å². The fourth-order valence-electron chi connectivity index (χ4n) is 3.34. The lowest BCUT2D eigenvalue weighted by molar-refractivity contribution is 0.103. The molecule has 1 aromatic carbocycles. The second-order valence-electron chi connectivity index (χ2n) is 6.36. The molecule has 0 saturated heterocycles. The van der Waals surface area contributed by atoms with Crippen LogP contribution in [0, 0.1) is 6.92 Å². The van der Waals surface area contributed by atoms with Gasteiger partial charge in [0.15, 0.2) is 0 Å². The fraction of sp³-hybridized carbons (Fsp3) is 0.316. The van der Waals surface area contributed by atoms with Gasteiger partial charge in [-0.05, 0) is 37.5 Å². The van der Waals surface area contributed by atoms with Gasteiger partial charge in [-0.2, -0.15) is 0 Å². The molecule has 0 unspecified atom stereocenters. The number of hydrogen-bond acceptors (Lipinski definition) is 5. The van der Waals surface area contributed by atoms with E-state index in [0.717, 1.165) is 25.1 Å². The Bertz CT molecular complexity index is 1070. The van der Waals surface area contributed by atoms with E-state index in [0.29, 0.717) is 38.6 Å². The molecule has 0 bridgehead atoms. The van der Waals surface area contributed by atoms with E-state index >= 15 is 0 Å². The van der Waals surface area contributed by atoms with Crippen LogP contribution in [0.15, 0.2) is 29.1 Å². The molecule has 4 rings (SSSR count). The Kier molecular flexibility index (Phi) is 4.24. The van der Waals surface area contributed by atoms with Gasteiger partial charge in [-0.15, -0.1) is 11.3 Å². The number of fused-ring (bicyclic) bond motifs is 2. The number of nitrogens with one attached hydrogen (secondary N) is 1. The van der Waals surface area contributed by atoms with Gasteiger partial charge in [-0.3, -0.25) is 14.2 Å². The number of carbonyl (C=O) groups is 1. The Labute approximate surface area is 154 Å². The molecule has 1 aliphatic rings. The van der Waals surface area contributed by atoms with Gasteiger partial charge in [0.2, 0.25) is 0 Å². The van der Waals surface area contributed by atoms with Gasteiger partial charge in [0, 0.05) is 24.7 Å². The highest BCUT2D eigenvalue weighted by atomic mass is 32.1. The first-order valence-electron chi connectivity index (χ1n) is 8.56. The van der Waals surface area contributed by atoms with Gasteiger partial charge >= 0.3 is 0 Å². The zero-order valence-corrected chi connectivity index (χ0v) is 15.5. The predicted octanol–water partition coefficient (Wildman–Crippen LogP) is 3.36. The lowest BCUT2D eigenvalue weighted by Crippen LogP contribution is -2.28. The van der Waals surface area contributed by atoms with Gasteiger partial charge in [0.1, 0.15) is 16.4 Å². The average Bonchev–Trinajstić information content (AvgIpc) is 2.99. The van der Waals surface area contributed by atoms with Gasteiger partial charge in [-0.25, -0.2) is 4.98 Å². The molecular weight excluding hydrogens is 350 g/mol. The Balaban J connectivity index is 1.74. The molecule has 1 N–H and O–H groups in total. The molecule has 26 heavy (non-hydrogen) atoms. The minimum Gasteiger partial charge on any atom is -0.497 e. The van der Waals surface area contributed by atoms with Crippen molar-refractivity contribution in [3.63, 3.8) is 0 Å². The number of rotatable bonds is 3. The van der Waals surface area contributed by atoms with Crippen molar-refractivity contribution < 1.29 is 9.53 Å². The van der Waals surface area contributed by atoms with E-state index in [1.54, 1.807) is 23.8 Å². The van der Waals surface area contributed by atoms with Crippen molar-refractivity contribution in [2.24, 2.45) is 0 Å². The molecule has 0 saturated carbocycles. The highest BCUT2D eigenvalue weighted by molar-refractivity contribution is 7.20. The lowest BCUT2D eigenvalue weighted by atomic mass is 10.1. The van der Waals surface area contributed by atoms with Crippen molar-refractivity contribution in [1.29, 1.82) is 0 Å². The van der Waals surface area contributed by atoms with Crippen LogP contribution in [0.2, 0.25) is 0 Å². The highest BCUT2D eigenvalue weighted by Gasteiger charge is 2.22. The number of aromatic nitrogens is 2. The molecule has 0 atom stereocenters. The summed E-state index contributed by atoms with van der Waals surface area (Å²) in [5.41, 5.74) is 1.32. The molecule has 1 aliphatic heterocycles. The third-order valence-electron chi connectivity index (χ3n) is 4.70. The maximum absolute atomic E-state index is 12.9. The monoisotopic (exact) mass is 369 g/mol. The molecule has 7 heteroatoms. The molecule has 0 aliphatic carbocycles. The summed E-state index contributed by atoms with van der Waals surface area (Å²) < 4.78 is 6.94. The number of thiophene rings is 1. The summed E-state index contributed by atoms with van der Waals surface area (Å²) in [4.78, 5) is 31.4. The first-order valence-corrected chi connectivity index (χ1v) is 9.38. The minimum atomic E-state index is -0.235. The van der Waals surface area contributed by atoms with Crippen LogP contribution in [0.25, 0.3) is 10.2 Å². The average molecular weight is 369 g/mol. The number of aryl methyl sites for hydroxylation is 2. The Morgan fingerprint density at radius 3 is 3.00 bits per heavy atom. The van der Waals surface area contributed by atoms with Gasteiger partial charge < -0.3 is 10.1 Å². The summed E-state index contributed by atoms with van der Waals surface area (Å²) in [5.74, 6) is 1.26. The number of anilines is 1. The first-order chi connectivity index (χ1) is 12.6. The number of carbonyl (C=O) groups excluding carboxylic acids is 1. The van der Waals surface area contributed by atoms with Crippen LogP contribution in [0.5, 0.6) is 5.75 Å². The van der Waals surface area contributed by atoms with E-state index in [-0.39, 0.29) is 11.5 Å². The van der Waals surface area contributed by atoms with Crippen LogP contribution < -0.4 is 15.6 Å². The smallest absolute Gasteiger partial charge is 0.266 e. The van der Waals surface area contributed by atoms with Crippen molar-refractivity contribution in [2.75, 3.05) is 12.4 Å². The van der Waals surface area contributed by atoms with E-state index in [4.69, 9.17) is 4.74 Å². The molecule has 0 fully saturated rings. The Morgan fingerprint density at radius 2 is 2.19 bits per heavy atom. The highest BCUT2D eigenvalue weighted by Crippen LogP contribution is 2.29. The third kappa shape index (κ3) is 2.78. The molecule has 3 heterocycles. The maximum Gasteiger partial charge on any atom is 0.266 e. The summed E-state index contributed by atoms with van der Waals surface area (Å²) >= 11 is 1.28. The van der Waals surface area contributed by atoms with E-state index in [1.165, 1.54) is 11.3 Å². The van der Waals surface area contributed by atoms with Crippen molar-refractivity contribution in [3.8, 4) is 5.75 Å². The third-order valence-corrected chi connectivity index (χ3v) is 5.88. The number of benzene rings is 1. The maximum atomic E-state index is 12.9. The van der Waals surface area contributed by atoms with Gasteiger partial charge in [-0.1, -0.05) is 6.07 Å². The number of nitrogens with zero attached hydrogens (tertiary/aromatic N) is 2. The van der Waals surface area contributed by atoms with Crippen LogP contribution in [-0.2, 0) is 13.0 Å². The standard InChI is InChI=1S/C19H19N3O3S/c1-11-15-18(21-14-8-3-4-9-22(14)19(15)24)26-16(11)17(23)20-12-6-5-7-13(10-12)25-2/h5-7,10H,3-4,8-9H2,1-2H3,(H,20,23). The molecule has 134 valence electrons. The predicted molar refractivity (Wildman–Crippen MR) is 103 cm³/mol. The largest absolute Gasteiger partial charge is 0.497 e. The zero-order valence-electron chi connectivity index (χ0n) is 14.7. The van der Waals surface area contributed by atoms with Crippen molar-refractivity contribution in [3.05, 3.63) is 50.9 Å². The molecule has 6 nitrogen and oxygen atoms in total. The quantitative estimate of drug-likeness (QED) is 0.768. The molecular formula is C19H19N3O3S. The van der Waals surface area contributed by atoms with Crippen molar-refractivity contribution in [2.45, 2.75) is 32.7 Å². The Morgan fingerprint density at radius 1 is 1.35 bits per heavy atom. The summed E-state index contributed by atoms with van der Waals surface area (Å²) in [6, 6.07) is 7.19. The van der Waals surface area contributed by atoms with Crippen molar-refractivity contribution in [1.82, 2.24) is 9.55 Å². The van der Waals surface area contributed by atoms with Crippen LogP contribution >= 0.6 is 11.3 Å². The zero-order chi connectivity index (χ0) is 18.3. The normalized spacial score (nSPS) is 13.5. The molecule has 0 radical (unpaired) electrons. The van der Waals surface area contributed by atoms with Crippen LogP contribution in [0.3, 0.4) is 0 Å². The number of methoxy groups -OCH3 is 1. The Hall–Kier alpha value is -2.67. The van der Waals surface area contributed by atoms with E-state index in [2.05, 4.69) is 10.3 Å². The fourth-order valence-corrected chi connectivity index (χ4v) is 4.42. The second kappa shape index (κ2) is 6.57. The topological polar surface area (TPSA) is 73.2 Å². The second-order valence-corrected chi connectivity index (χ2v) is 7.36. The van der Waals surface area contributed by atoms with Gasteiger partial charge in [0.05, 0.1) is 17.4 Å². The van der Waals surface area contributed by atoms with Crippen LogP contribution in [-0.4, -0.2) is 22.6 Å². The summed E-state index contributed by atoms with van der Waals surface area (Å²) in [5, 5.41) is 3.44.